The Hall–Kier alpha value is 0.200. The highest BCUT2D eigenvalue weighted by molar-refractivity contribution is 14.1. The van der Waals surface area contributed by atoms with Crippen molar-refractivity contribution in [3.63, 3.8) is 0 Å². The van der Waals surface area contributed by atoms with E-state index in [2.05, 4.69) is 27.9 Å². The minimum Gasteiger partial charge on any atom is -0.352 e. The number of fused-ring (bicyclic) bond motifs is 1. The Morgan fingerprint density at radius 1 is 1.50 bits per heavy atom. The van der Waals surface area contributed by atoms with Gasteiger partial charge in [-0.25, -0.2) is 0 Å². The molecule has 0 radical (unpaired) electrons. The fourth-order valence-corrected chi connectivity index (χ4v) is 3.07. The lowest BCUT2D eigenvalue weighted by molar-refractivity contribution is -0.119. The fourth-order valence-electron chi connectivity index (χ4n) is 1.95. The quantitative estimate of drug-likeness (QED) is 0.506. The summed E-state index contributed by atoms with van der Waals surface area (Å²) in [6.45, 7) is 0. The number of alkyl halides is 1. The van der Waals surface area contributed by atoms with Crippen molar-refractivity contribution < 1.29 is 4.79 Å². The highest BCUT2D eigenvalue weighted by Crippen LogP contribution is 2.36. The van der Waals surface area contributed by atoms with Crippen molar-refractivity contribution in [2.45, 2.75) is 29.2 Å². The smallest absolute Gasteiger partial charge is 0.220 e. The van der Waals surface area contributed by atoms with E-state index < -0.39 is 0 Å². The summed E-state index contributed by atoms with van der Waals surface area (Å²) in [5, 5.41) is 3.02. The number of amides is 1. The van der Waals surface area contributed by atoms with E-state index in [1.54, 1.807) is 0 Å². The number of rotatable bonds is 0. The van der Waals surface area contributed by atoms with E-state index in [4.69, 9.17) is 0 Å². The molecule has 1 aliphatic carbocycles. The molecule has 3 heteroatoms. The summed E-state index contributed by atoms with van der Waals surface area (Å²) in [5.41, 5.74) is 0. The van der Waals surface area contributed by atoms with Gasteiger partial charge in [0.15, 0.2) is 0 Å². The van der Waals surface area contributed by atoms with E-state index in [-0.39, 0.29) is 5.91 Å². The molecule has 3 atom stereocenters. The second-order valence-corrected chi connectivity index (χ2v) is 4.75. The van der Waals surface area contributed by atoms with Crippen LogP contribution >= 0.6 is 22.6 Å². The van der Waals surface area contributed by atoms with E-state index in [0.29, 0.717) is 15.9 Å². The molecule has 2 nitrogen and oxygen atoms in total. The van der Waals surface area contributed by atoms with Gasteiger partial charge in [-0.05, 0) is 18.8 Å². The van der Waals surface area contributed by atoms with Crippen molar-refractivity contribution in [3.05, 3.63) is 0 Å². The summed E-state index contributed by atoms with van der Waals surface area (Å²) in [7, 11) is 0. The minimum atomic E-state index is 0.261. The van der Waals surface area contributed by atoms with Crippen LogP contribution in [0, 0.1) is 5.92 Å². The first kappa shape index (κ1) is 6.88. The third-order valence-electron chi connectivity index (χ3n) is 2.49. The van der Waals surface area contributed by atoms with Crippen LogP contribution in [0.15, 0.2) is 0 Å². The molecular formula is C7H10INO. The minimum absolute atomic E-state index is 0.261. The SMILES string of the molecule is O=C1C[C@H]2CC[C@H](I)[C@H]2N1. The van der Waals surface area contributed by atoms with Crippen molar-refractivity contribution in [1.29, 1.82) is 0 Å². The van der Waals surface area contributed by atoms with Crippen LogP contribution < -0.4 is 5.32 Å². The lowest BCUT2D eigenvalue weighted by atomic mass is 10.1. The lowest BCUT2D eigenvalue weighted by Gasteiger charge is -2.11. The number of carbonyl (C=O) groups excluding carboxylic acids is 1. The molecule has 1 heterocycles. The normalized spacial score (nSPS) is 45.3. The highest BCUT2D eigenvalue weighted by atomic mass is 127. The molecule has 56 valence electrons. The molecule has 0 aromatic rings. The summed E-state index contributed by atoms with van der Waals surface area (Å²) in [5.74, 6) is 0.922. The average molecular weight is 251 g/mol. The first-order chi connectivity index (χ1) is 4.77. The number of hydrogen-bond donors (Lipinski definition) is 1. The molecule has 1 amide bonds. The average Bonchev–Trinajstić information content (AvgIpc) is 2.35. The van der Waals surface area contributed by atoms with Crippen LogP contribution in [0.1, 0.15) is 19.3 Å². The number of halogens is 1. The van der Waals surface area contributed by atoms with Gasteiger partial charge in [-0.2, -0.15) is 0 Å². The predicted octanol–water partition coefficient (Wildman–Crippen LogP) is 1.09. The maximum atomic E-state index is 10.9. The predicted molar refractivity (Wildman–Crippen MR) is 47.1 cm³/mol. The Balaban J connectivity index is 2.12. The Bertz CT molecular complexity index is 171. The zero-order valence-corrected chi connectivity index (χ0v) is 7.80. The molecule has 2 aliphatic rings. The summed E-state index contributed by atoms with van der Waals surface area (Å²) in [6, 6.07) is 0.507. The van der Waals surface area contributed by atoms with E-state index in [9.17, 15) is 4.79 Å². The molecule has 0 aromatic heterocycles. The van der Waals surface area contributed by atoms with Crippen LogP contribution in [0.4, 0.5) is 0 Å². The van der Waals surface area contributed by atoms with Crippen molar-refractivity contribution in [1.82, 2.24) is 5.32 Å². The Morgan fingerprint density at radius 2 is 2.30 bits per heavy atom. The van der Waals surface area contributed by atoms with Crippen molar-refractivity contribution in [2.24, 2.45) is 5.92 Å². The molecule has 0 aromatic carbocycles. The Morgan fingerprint density at radius 3 is 3.00 bits per heavy atom. The third kappa shape index (κ3) is 0.946. The zero-order valence-electron chi connectivity index (χ0n) is 5.64. The third-order valence-corrected chi connectivity index (χ3v) is 3.88. The topological polar surface area (TPSA) is 29.1 Å². The first-order valence-electron chi connectivity index (χ1n) is 3.71. The van der Waals surface area contributed by atoms with E-state index >= 15 is 0 Å². The monoisotopic (exact) mass is 251 g/mol. The highest BCUT2D eigenvalue weighted by Gasteiger charge is 2.41. The fraction of sp³-hybridized carbons (Fsp3) is 0.857. The molecule has 1 saturated carbocycles. The summed E-state index contributed by atoms with van der Waals surface area (Å²) < 4.78 is 0.689. The molecule has 1 aliphatic heterocycles. The van der Waals surface area contributed by atoms with Gasteiger partial charge in [0, 0.05) is 16.4 Å². The molecule has 0 spiro atoms. The second-order valence-electron chi connectivity index (χ2n) is 3.15. The molecule has 0 bridgehead atoms. The van der Waals surface area contributed by atoms with Crippen molar-refractivity contribution in [3.8, 4) is 0 Å². The summed E-state index contributed by atoms with van der Waals surface area (Å²) >= 11 is 2.44. The van der Waals surface area contributed by atoms with Gasteiger partial charge < -0.3 is 5.32 Å². The van der Waals surface area contributed by atoms with Crippen molar-refractivity contribution >= 4 is 28.5 Å². The van der Waals surface area contributed by atoms with Crippen LogP contribution in [0.3, 0.4) is 0 Å². The Kier molecular flexibility index (Phi) is 1.62. The van der Waals surface area contributed by atoms with Gasteiger partial charge in [0.25, 0.3) is 0 Å². The maximum absolute atomic E-state index is 10.9. The van der Waals surface area contributed by atoms with Crippen LogP contribution in [0.25, 0.3) is 0 Å². The van der Waals surface area contributed by atoms with Crippen LogP contribution in [0.5, 0.6) is 0 Å². The molecular weight excluding hydrogens is 241 g/mol. The molecule has 1 saturated heterocycles. The van der Waals surface area contributed by atoms with Crippen LogP contribution in [0.2, 0.25) is 0 Å². The second kappa shape index (κ2) is 2.36. The zero-order chi connectivity index (χ0) is 7.14. The van der Waals surface area contributed by atoms with E-state index in [1.807, 2.05) is 0 Å². The molecule has 2 fully saturated rings. The van der Waals surface area contributed by atoms with E-state index in [1.165, 1.54) is 12.8 Å². The maximum Gasteiger partial charge on any atom is 0.220 e. The number of hydrogen-bond acceptors (Lipinski definition) is 1. The van der Waals surface area contributed by atoms with Gasteiger partial charge in [-0.1, -0.05) is 22.6 Å². The molecule has 2 rings (SSSR count). The van der Waals surface area contributed by atoms with Crippen LogP contribution in [-0.4, -0.2) is 15.9 Å². The lowest BCUT2D eigenvalue weighted by Crippen LogP contribution is -2.32. The van der Waals surface area contributed by atoms with Gasteiger partial charge in [-0.15, -0.1) is 0 Å². The summed E-state index contributed by atoms with van der Waals surface area (Å²) in [6.07, 6.45) is 3.32. The van der Waals surface area contributed by atoms with Gasteiger partial charge in [0.2, 0.25) is 5.91 Å². The Labute approximate surface area is 73.9 Å². The van der Waals surface area contributed by atoms with E-state index in [0.717, 1.165) is 6.42 Å². The number of nitrogens with one attached hydrogen (secondary N) is 1. The van der Waals surface area contributed by atoms with Crippen LogP contribution in [-0.2, 0) is 4.79 Å². The van der Waals surface area contributed by atoms with Gasteiger partial charge in [0.05, 0.1) is 0 Å². The van der Waals surface area contributed by atoms with Gasteiger partial charge in [0.1, 0.15) is 0 Å². The number of carbonyl (C=O) groups is 1. The summed E-state index contributed by atoms with van der Waals surface area (Å²) in [4.78, 5) is 10.9. The van der Waals surface area contributed by atoms with Gasteiger partial charge in [-0.3, -0.25) is 4.79 Å². The first-order valence-corrected chi connectivity index (χ1v) is 4.95. The molecule has 10 heavy (non-hydrogen) atoms. The molecule has 1 N–H and O–H groups in total. The standard InChI is InChI=1S/C7H10INO/c8-5-2-1-4-3-6(10)9-7(4)5/h4-5,7H,1-3H2,(H,9,10)/t4-,5+,7+/m1/s1. The largest absolute Gasteiger partial charge is 0.352 e. The molecule has 0 unspecified atom stereocenters. The van der Waals surface area contributed by atoms with Crippen molar-refractivity contribution in [2.75, 3.05) is 0 Å². The van der Waals surface area contributed by atoms with Gasteiger partial charge >= 0.3 is 0 Å².